The van der Waals surface area contributed by atoms with E-state index >= 15 is 8.78 Å². The lowest BCUT2D eigenvalue weighted by atomic mass is 9.80. The van der Waals surface area contributed by atoms with Crippen LogP contribution in [0, 0.1) is 5.82 Å². The molecule has 0 spiro atoms. The number of nitrogens with zero attached hydrogens (tertiary/aromatic N) is 3. The second-order valence-electron chi connectivity index (χ2n) is 10.9. The smallest absolute Gasteiger partial charge is 0.335 e. The van der Waals surface area contributed by atoms with Crippen LogP contribution in [-0.4, -0.2) is 64.3 Å². The highest BCUT2D eigenvalue weighted by atomic mass is 19.1. The van der Waals surface area contributed by atoms with Crippen LogP contribution in [0.3, 0.4) is 0 Å². The molecule has 2 aliphatic heterocycles. The van der Waals surface area contributed by atoms with Gasteiger partial charge in [-0.15, -0.1) is 0 Å². The van der Waals surface area contributed by atoms with Crippen molar-refractivity contribution in [1.82, 2.24) is 14.4 Å². The van der Waals surface area contributed by atoms with E-state index in [1.807, 2.05) is 12.1 Å². The van der Waals surface area contributed by atoms with Gasteiger partial charge in [0, 0.05) is 60.7 Å². The van der Waals surface area contributed by atoms with Crippen molar-refractivity contribution in [3.8, 4) is 11.3 Å². The van der Waals surface area contributed by atoms with E-state index in [1.54, 1.807) is 18.2 Å². The first-order valence-corrected chi connectivity index (χ1v) is 13.8. The SMILES string of the molecule is O=C(O)c1ccc2c([C@@H]3CCCC[C@H]3F)c3n(c2c1)CCN(CCN1CCCC1)Cc1c(F)cccc1-3. The summed E-state index contributed by atoms with van der Waals surface area (Å²) in [5.74, 6) is -1.49. The summed E-state index contributed by atoms with van der Waals surface area (Å²) in [6, 6.07) is 10.4. The number of benzene rings is 2. The average molecular weight is 508 g/mol. The average Bonchev–Trinajstić information content (AvgIpc) is 3.51. The second-order valence-corrected chi connectivity index (χ2v) is 10.9. The fraction of sp³-hybridized carbons (Fsp3) is 0.500. The summed E-state index contributed by atoms with van der Waals surface area (Å²) in [6.45, 7) is 5.94. The standard InChI is InChI=1S/C30H35F2N3O2/c31-25-8-2-1-6-22(25)28-23-11-10-20(30(36)37)18-27(23)35-17-16-34(15-14-33-12-3-4-13-33)19-24-21(29(28)35)7-5-9-26(24)32/h5,7,9-11,18,22,25H,1-4,6,8,12-17,19H2,(H,36,37)/t22-,25-/m1/s1. The number of aromatic nitrogens is 1. The molecule has 0 amide bonds. The zero-order chi connectivity index (χ0) is 25.5. The number of hydrogen-bond donors (Lipinski definition) is 1. The molecule has 3 aromatic rings. The molecule has 3 aliphatic rings. The maximum absolute atomic E-state index is 15.5. The van der Waals surface area contributed by atoms with E-state index in [0.29, 0.717) is 25.1 Å². The summed E-state index contributed by atoms with van der Waals surface area (Å²) in [4.78, 5) is 16.7. The summed E-state index contributed by atoms with van der Waals surface area (Å²) < 4.78 is 33.1. The van der Waals surface area contributed by atoms with Gasteiger partial charge in [0.2, 0.25) is 0 Å². The van der Waals surface area contributed by atoms with Gasteiger partial charge in [-0.1, -0.05) is 31.0 Å². The van der Waals surface area contributed by atoms with Crippen molar-refractivity contribution in [3.63, 3.8) is 0 Å². The van der Waals surface area contributed by atoms with Crippen molar-refractivity contribution in [1.29, 1.82) is 0 Å². The lowest BCUT2D eigenvalue weighted by molar-refractivity contribution is 0.0697. The van der Waals surface area contributed by atoms with Crippen LogP contribution in [0.15, 0.2) is 36.4 Å². The number of carboxylic acid groups (broad SMARTS) is 1. The number of fused-ring (bicyclic) bond motifs is 5. The Kier molecular flexibility index (Phi) is 6.76. The van der Waals surface area contributed by atoms with Crippen molar-refractivity contribution < 1.29 is 18.7 Å². The number of likely N-dealkylation sites (tertiary alicyclic amines) is 1. The summed E-state index contributed by atoms with van der Waals surface area (Å²) >= 11 is 0. The van der Waals surface area contributed by atoms with Crippen molar-refractivity contribution in [3.05, 3.63) is 58.9 Å². The zero-order valence-corrected chi connectivity index (χ0v) is 21.3. The Morgan fingerprint density at radius 3 is 2.51 bits per heavy atom. The monoisotopic (exact) mass is 507 g/mol. The number of alkyl halides is 1. The van der Waals surface area contributed by atoms with Crippen molar-refractivity contribution in [2.75, 3.05) is 32.7 Å². The van der Waals surface area contributed by atoms with E-state index < -0.39 is 12.1 Å². The molecule has 1 aliphatic carbocycles. The Morgan fingerprint density at radius 1 is 0.946 bits per heavy atom. The van der Waals surface area contributed by atoms with Crippen LogP contribution in [0.1, 0.15) is 65.9 Å². The molecule has 37 heavy (non-hydrogen) atoms. The minimum atomic E-state index is -0.982. The summed E-state index contributed by atoms with van der Waals surface area (Å²) in [7, 11) is 0. The van der Waals surface area contributed by atoms with Gasteiger partial charge < -0.3 is 14.6 Å². The molecule has 1 saturated heterocycles. The van der Waals surface area contributed by atoms with Gasteiger partial charge in [0.05, 0.1) is 11.3 Å². The summed E-state index contributed by atoms with van der Waals surface area (Å²) in [5, 5.41) is 10.6. The Hall–Kier alpha value is -2.77. The fourth-order valence-corrected chi connectivity index (χ4v) is 6.78. The molecule has 2 fully saturated rings. The molecule has 0 unspecified atom stereocenters. The van der Waals surface area contributed by atoms with Gasteiger partial charge in [0.1, 0.15) is 12.0 Å². The van der Waals surface area contributed by atoms with Gasteiger partial charge in [-0.2, -0.15) is 0 Å². The molecular weight excluding hydrogens is 472 g/mol. The highest BCUT2D eigenvalue weighted by Gasteiger charge is 2.34. The number of hydrogen-bond acceptors (Lipinski definition) is 3. The Morgan fingerprint density at radius 2 is 1.73 bits per heavy atom. The van der Waals surface area contributed by atoms with E-state index in [9.17, 15) is 9.90 Å². The lowest BCUT2D eigenvalue weighted by Crippen LogP contribution is -2.36. The predicted octanol–water partition coefficient (Wildman–Crippen LogP) is 6.05. The highest BCUT2D eigenvalue weighted by Crippen LogP contribution is 2.46. The number of carboxylic acids is 1. The van der Waals surface area contributed by atoms with E-state index in [4.69, 9.17) is 0 Å². The van der Waals surface area contributed by atoms with E-state index in [2.05, 4.69) is 14.4 Å². The van der Waals surface area contributed by atoms with Crippen molar-refractivity contribution in [2.45, 2.75) is 63.7 Å². The van der Waals surface area contributed by atoms with Crippen LogP contribution in [0.25, 0.3) is 22.2 Å². The second kappa shape index (κ2) is 10.2. The van der Waals surface area contributed by atoms with Gasteiger partial charge in [0.15, 0.2) is 0 Å². The molecule has 1 saturated carbocycles. The van der Waals surface area contributed by atoms with Gasteiger partial charge in [-0.3, -0.25) is 4.90 Å². The normalized spacial score (nSPS) is 23.0. The zero-order valence-electron chi connectivity index (χ0n) is 21.3. The van der Waals surface area contributed by atoms with Crippen LogP contribution in [-0.2, 0) is 13.1 Å². The van der Waals surface area contributed by atoms with E-state index in [-0.39, 0.29) is 17.3 Å². The Labute approximate surface area is 216 Å². The third kappa shape index (κ3) is 4.57. The Balaban J connectivity index is 1.51. The van der Waals surface area contributed by atoms with E-state index in [0.717, 1.165) is 79.7 Å². The lowest BCUT2D eigenvalue weighted by Gasteiger charge is -2.31. The van der Waals surface area contributed by atoms with Crippen LogP contribution in [0.2, 0.25) is 0 Å². The Bertz CT molecular complexity index is 1310. The largest absolute Gasteiger partial charge is 0.478 e. The van der Waals surface area contributed by atoms with Crippen LogP contribution in [0.5, 0.6) is 0 Å². The molecule has 7 heteroatoms. The minimum absolute atomic E-state index is 0.215. The van der Waals surface area contributed by atoms with Crippen LogP contribution >= 0.6 is 0 Å². The summed E-state index contributed by atoms with van der Waals surface area (Å²) in [6.07, 6.45) is 4.65. The number of halogens is 2. The third-order valence-corrected chi connectivity index (χ3v) is 8.73. The van der Waals surface area contributed by atoms with Gasteiger partial charge in [-0.05, 0) is 62.5 Å². The molecule has 6 rings (SSSR count). The molecular formula is C30H35F2N3O2. The fourth-order valence-electron chi connectivity index (χ4n) is 6.78. The number of rotatable bonds is 5. The molecule has 1 N–H and O–H groups in total. The highest BCUT2D eigenvalue weighted by molar-refractivity contribution is 5.98. The predicted molar refractivity (Wildman–Crippen MR) is 141 cm³/mol. The number of aromatic carboxylic acids is 1. The van der Waals surface area contributed by atoms with Crippen LogP contribution in [0.4, 0.5) is 8.78 Å². The molecule has 0 bridgehead atoms. The quantitative estimate of drug-likeness (QED) is 0.457. The first-order chi connectivity index (χ1) is 18.0. The van der Waals surface area contributed by atoms with Gasteiger partial charge in [0.25, 0.3) is 0 Å². The molecule has 1 aromatic heterocycles. The maximum atomic E-state index is 15.5. The molecule has 196 valence electrons. The first-order valence-electron chi connectivity index (χ1n) is 13.8. The minimum Gasteiger partial charge on any atom is -0.478 e. The van der Waals surface area contributed by atoms with E-state index in [1.165, 1.54) is 18.9 Å². The van der Waals surface area contributed by atoms with Crippen molar-refractivity contribution in [2.24, 2.45) is 0 Å². The molecule has 5 nitrogen and oxygen atoms in total. The molecule has 0 radical (unpaired) electrons. The molecule has 3 heterocycles. The maximum Gasteiger partial charge on any atom is 0.335 e. The van der Waals surface area contributed by atoms with Crippen LogP contribution < -0.4 is 0 Å². The topological polar surface area (TPSA) is 48.7 Å². The van der Waals surface area contributed by atoms with Gasteiger partial charge in [-0.25, -0.2) is 13.6 Å². The van der Waals surface area contributed by atoms with Gasteiger partial charge >= 0.3 is 5.97 Å². The molecule has 2 atom stereocenters. The number of carbonyl (C=O) groups is 1. The third-order valence-electron chi connectivity index (χ3n) is 8.73. The summed E-state index contributed by atoms with van der Waals surface area (Å²) in [5.41, 5.74) is 4.29. The molecule has 2 aromatic carbocycles. The first kappa shape index (κ1) is 24.6. The van der Waals surface area contributed by atoms with Crippen molar-refractivity contribution >= 4 is 16.9 Å².